The minimum atomic E-state index is -3.50. The second kappa shape index (κ2) is 9.87. The Morgan fingerprint density at radius 1 is 0.941 bits per heavy atom. The first kappa shape index (κ1) is 23.8. The molecule has 174 valence electrons. The minimum absolute atomic E-state index is 0.162. The standard InChI is InChI=1S/C26H23FN2O3S2/c1-18-3-13-25(14-4-18)34(31,32)17-20-5-7-21(8-6-20)26(30)29(15-23-16-33-19(2)28-23)24-11-9-22(27)10-12-24/h3-14,16H,15,17H2,1-2H3. The molecule has 0 N–H and O–H groups in total. The van der Waals surface area contributed by atoms with E-state index in [0.717, 1.165) is 16.3 Å². The molecule has 3 aromatic carbocycles. The topological polar surface area (TPSA) is 67.3 Å². The molecule has 1 heterocycles. The van der Waals surface area contributed by atoms with Crippen molar-refractivity contribution in [2.24, 2.45) is 0 Å². The number of hydrogen-bond donors (Lipinski definition) is 0. The number of carbonyl (C=O) groups excluding carboxylic acids is 1. The molecular weight excluding hydrogens is 471 g/mol. The summed E-state index contributed by atoms with van der Waals surface area (Å²) in [6, 6.07) is 19.0. The lowest BCUT2D eigenvalue weighted by atomic mass is 10.1. The molecule has 8 heteroatoms. The molecule has 0 saturated heterocycles. The fourth-order valence-electron chi connectivity index (χ4n) is 3.49. The molecule has 0 bridgehead atoms. The number of sulfone groups is 1. The van der Waals surface area contributed by atoms with Crippen molar-refractivity contribution >= 4 is 32.8 Å². The number of amides is 1. The Balaban J connectivity index is 1.57. The molecule has 0 fully saturated rings. The molecule has 0 saturated carbocycles. The van der Waals surface area contributed by atoms with Gasteiger partial charge in [0.15, 0.2) is 9.84 Å². The van der Waals surface area contributed by atoms with Gasteiger partial charge in [-0.1, -0.05) is 29.8 Å². The Hall–Kier alpha value is -3.36. The molecule has 1 aromatic heterocycles. The van der Waals surface area contributed by atoms with E-state index >= 15 is 0 Å². The third-order valence-corrected chi connectivity index (χ3v) is 7.83. The van der Waals surface area contributed by atoms with Crippen LogP contribution in [-0.4, -0.2) is 19.3 Å². The van der Waals surface area contributed by atoms with Crippen molar-refractivity contribution in [3.8, 4) is 0 Å². The molecule has 0 unspecified atom stereocenters. The van der Waals surface area contributed by atoms with E-state index < -0.39 is 9.84 Å². The highest BCUT2D eigenvalue weighted by atomic mass is 32.2. The SMILES string of the molecule is Cc1ccc(S(=O)(=O)Cc2ccc(C(=O)N(Cc3csc(C)n3)c3ccc(F)cc3)cc2)cc1. The summed E-state index contributed by atoms with van der Waals surface area (Å²) in [4.78, 5) is 19.6. The number of anilines is 1. The van der Waals surface area contributed by atoms with Crippen LogP contribution in [0.5, 0.6) is 0 Å². The maximum absolute atomic E-state index is 13.5. The number of nitrogens with zero attached hydrogens (tertiary/aromatic N) is 2. The van der Waals surface area contributed by atoms with Crippen molar-refractivity contribution < 1.29 is 17.6 Å². The van der Waals surface area contributed by atoms with Gasteiger partial charge in [0.25, 0.3) is 5.91 Å². The molecule has 0 aliphatic carbocycles. The number of halogens is 1. The molecule has 4 aromatic rings. The predicted molar refractivity (Wildman–Crippen MR) is 132 cm³/mol. The van der Waals surface area contributed by atoms with Crippen molar-refractivity contribution in [3.05, 3.63) is 111 Å². The minimum Gasteiger partial charge on any atom is -0.302 e. The van der Waals surface area contributed by atoms with E-state index in [-0.39, 0.29) is 28.9 Å². The Bertz CT molecular complexity index is 1400. The number of hydrogen-bond acceptors (Lipinski definition) is 5. The van der Waals surface area contributed by atoms with Gasteiger partial charge < -0.3 is 4.90 Å². The zero-order chi connectivity index (χ0) is 24.3. The molecular formula is C26H23FN2O3S2. The van der Waals surface area contributed by atoms with Crippen LogP contribution in [0.1, 0.15) is 32.2 Å². The van der Waals surface area contributed by atoms with E-state index in [0.29, 0.717) is 16.8 Å². The van der Waals surface area contributed by atoms with Gasteiger partial charge in [0.05, 0.1) is 27.9 Å². The lowest BCUT2D eigenvalue weighted by Gasteiger charge is -2.22. The Morgan fingerprint density at radius 3 is 2.18 bits per heavy atom. The maximum atomic E-state index is 13.5. The van der Waals surface area contributed by atoms with E-state index in [1.165, 1.54) is 28.4 Å². The van der Waals surface area contributed by atoms with Crippen molar-refractivity contribution in [1.29, 1.82) is 0 Å². The van der Waals surface area contributed by atoms with E-state index in [2.05, 4.69) is 4.98 Å². The van der Waals surface area contributed by atoms with Crippen LogP contribution in [0.3, 0.4) is 0 Å². The maximum Gasteiger partial charge on any atom is 0.258 e. The van der Waals surface area contributed by atoms with Gasteiger partial charge in [-0.25, -0.2) is 17.8 Å². The quantitative estimate of drug-likeness (QED) is 0.330. The van der Waals surface area contributed by atoms with Crippen LogP contribution in [0.2, 0.25) is 0 Å². The molecule has 4 rings (SSSR count). The van der Waals surface area contributed by atoms with Gasteiger partial charge >= 0.3 is 0 Å². The number of aryl methyl sites for hydroxylation is 2. The van der Waals surface area contributed by atoms with Gasteiger partial charge in [-0.15, -0.1) is 11.3 Å². The zero-order valence-corrected chi connectivity index (χ0v) is 20.4. The highest BCUT2D eigenvalue weighted by molar-refractivity contribution is 7.90. The largest absolute Gasteiger partial charge is 0.302 e. The third kappa shape index (κ3) is 5.58. The molecule has 0 atom stereocenters. The summed E-state index contributed by atoms with van der Waals surface area (Å²) in [6.07, 6.45) is 0. The molecule has 1 amide bonds. The van der Waals surface area contributed by atoms with Gasteiger partial charge in [0.1, 0.15) is 5.82 Å². The molecule has 0 aliphatic heterocycles. The number of rotatable bonds is 7. The van der Waals surface area contributed by atoms with Crippen LogP contribution in [0.25, 0.3) is 0 Å². The van der Waals surface area contributed by atoms with E-state index in [4.69, 9.17) is 0 Å². The first-order valence-corrected chi connectivity index (χ1v) is 13.1. The second-order valence-corrected chi connectivity index (χ2v) is 11.0. The molecule has 5 nitrogen and oxygen atoms in total. The number of carbonyl (C=O) groups is 1. The predicted octanol–water partition coefficient (Wildman–Crippen LogP) is 5.72. The van der Waals surface area contributed by atoms with Crippen LogP contribution >= 0.6 is 11.3 Å². The summed E-state index contributed by atoms with van der Waals surface area (Å²) in [7, 11) is -3.50. The van der Waals surface area contributed by atoms with E-state index in [1.807, 2.05) is 19.2 Å². The summed E-state index contributed by atoms with van der Waals surface area (Å²) in [5.74, 6) is -0.838. The van der Waals surface area contributed by atoms with Gasteiger partial charge in [-0.2, -0.15) is 0 Å². The lowest BCUT2D eigenvalue weighted by molar-refractivity contribution is 0.0985. The normalized spacial score (nSPS) is 11.4. The summed E-state index contributed by atoms with van der Waals surface area (Å²) in [5, 5.41) is 2.78. The van der Waals surface area contributed by atoms with E-state index in [9.17, 15) is 17.6 Å². The molecule has 0 aliphatic rings. The van der Waals surface area contributed by atoms with Gasteiger partial charge in [-0.05, 0) is 67.9 Å². The third-order valence-electron chi connectivity index (χ3n) is 5.31. The van der Waals surface area contributed by atoms with Crippen LogP contribution in [0.4, 0.5) is 10.1 Å². The average Bonchev–Trinajstić information content (AvgIpc) is 3.23. The number of benzene rings is 3. The molecule has 0 spiro atoms. The fraction of sp³-hybridized carbons (Fsp3) is 0.154. The molecule has 0 radical (unpaired) electrons. The Labute approximate surface area is 202 Å². The molecule has 34 heavy (non-hydrogen) atoms. The summed E-state index contributed by atoms with van der Waals surface area (Å²) in [5.41, 5.74) is 3.25. The summed E-state index contributed by atoms with van der Waals surface area (Å²) in [6.45, 7) is 4.02. The summed E-state index contributed by atoms with van der Waals surface area (Å²) < 4.78 is 39.0. The highest BCUT2D eigenvalue weighted by Crippen LogP contribution is 2.23. The van der Waals surface area contributed by atoms with Crippen LogP contribution < -0.4 is 4.90 Å². The fourth-order valence-corrected chi connectivity index (χ4v) is 5.44. The van der Waals surface area contributed by atoms with E-state index in [1.54, 1.807) is 60.7 Å². The number of thiazole rings is 1. The van der Waals surface area contributed by atoms with Crippen molar-refractivity contribution in [2.45, 2.75) is 31.0 Å². The Morgan fingerprint density at radius 2 is 1.59 bits per heavy atom. The van der Waals surface area contributed by atoms with Crippen LogP contribution in [-0.2, 0) is 22.1 Å². The van der Waals surface area contributed by atoms with Crippen molar-refractivity contribution in [1.82, 2.24) is 4.98 Å². The second-order valence-electron chi connectivity index (χ2n) is 7.99. The van der Waals surface area contributed by atoms with Crippen molar-refractivity contribution in [3.63, 3.8) is 0 Å². The first-order valence-electron chi connectivity index (χ1n) is 10.6. The lowest BCUT2D eigenvalue weighted by Crippen LogP contribution is -2.30. The van der Waals surface area contributed by atoms with Crippen LogP contribution in [0.15, 0.2) is 83.1 Å². The zero-order valence-electron chi connectivity index (χ0n) is 18.7. The highest BCUT2D eigenvalue weighted by Gasteiger charge is 2.21. The number of aromatic nitrogens is 1. The van der Waals surface area contributed by atoms with Gasteiger partial charge in [-0.3, -0.25) is 4.79 Å². The summed E-state index contributed by atoms with van der Waals surface area (Å²) >= 11 is 1.49. The monoisotopic (exact) mass is 494 g/mol. The smallest absolute Gasteiger partial charge is 0.258 e. The van der Waals surface area contributed by atoms with Gasteiger partial charge in [0, 0.05) is 16.6 Å². The first-order chi connectivity index (χ1) is 16.2. The van der Waals surface area contributed by atoms with Crippen LogP contribution in [0, 0.1) is 19.7 Å². The Kier molecular flexibility index (Phi) is 6.90. The van der Waals surface area contributed by atoms with Crippen molar-refractivity contribution in [2.75, 3.05) is 4.90 Å². The average molecular weight is 495 g/mol. The van der Waals surface area contributed by atoms with Gasteiger partial charge in [0.2, 0.25) is 0 Å².